The average Bonchev–Trinajstić information content (AvgIpc) is 3.31. The van der Waals surface area contributed by atoms with Crippen LogP contribution in [0.15, 0.2) is 35.6 Å². The summed E-state index contributed by atoms with van der Waals surface area (Å²) in [6.07, 6.45) is 0.907. The van der Waals surface area contributed by atoms with E-state index >= 15 is 0 Å². The molecule has 1 aliphatic carbocycles. The Kier molecular flexibility index (Phi) is 5.00. The minimum absolute atomic E-state index is 0.0177. The molecule has 3 aliphatic rings. The van der Waals surface area contributed by atoms with E-state index in [1.54, 1.807) is 12.1 Å². The van der Waals surface area contributed by atoms with E-state index in [2.05, 4.69) is 10.2 Å². The van der Waals surface area contributed by atoms with E-state index in [-0.39, 0.29) is 29.3 Å². The number of nitrogens with zero attached hydrogens (tertiary/aromatic N) is 3. The van der Waals surface area contributed by atoms with Gasteiger partial charge in [0.05, 0.1) is 17.5 Å². The molecule has 1 aromatic heterocycles. The molecule has 0 bridgehead atoms. The number of halogens is 1. The van der Waals surface area contributed by atoms with Gasteiger partial charge >= 0.3 is 0 Å². The fourth-order valence-electron chi connectivity index (χ4n) is 4.68. The van der Waals surface area contributed by atoms with E-state index in [1.165, 1.54) is 28.4 Å². The molecule has 0 saturated heterocycles. The number of ether oxygens (including phenoxy) is 1. The molecule has 162 valence electrons. The van der Waals surface area contributed by atoms with Crippen LogP contribution >= 0.6 is 11.3 Å². The van der Waals surface area contributed by atoms with Gasteiger partial charge in [-0.25, -0.2) is 4.39 Å². The number of hydrogen-bond donors (Lipinski definition) is 1. The van der Waals surface area contributed by atoms with Gasteiger partial charge < -0.3 is 9.84 Å². The van der Waals surface area contributed by atoms with Gasteiger partial charge in [-0.2, -0.15) is 0 Å². The number of phenols is 1. The third-order valence-corrected chi connectivity index (χ3v) is 7.08. The minimum Gasteiger partial charge on any atom is -0.508 e. The topological polar surface area (TPSA) is 92.6 Å². The molecule has 5 rings (SSSR count). The second-order valence-electron chi connectivity index (χ2n) is 8.18. The summed E-state index contributed by atoms with van der Waals surface area (Å²) >= 11 is 1.30. The van der Waals surface area contributed by atoms with Crippen LogP contribution in [-0.2, 0) is 20.7 Å². The highest BCUT2D eigenvalue weighted by Gasteiger charge is 2.54. The number of anilines is 1. The fraction of sp³-hybridized carbons (Fsp3) is 0.455. The maximum atomic E-state index is 14.1. The first-order chi connectivity index (χ1) is 15.0. The Morgan fingerprint density at radius 2 is 2.13 bits per heavy atom. The highest BCUT2D eigenvalue weighted by molar-refractivity contribution is 7.15. The van der Waals surface area contributed by atoms with Gasteiger partial charge in [0.1, 0.15) is 23.0 Å². The highest BCUT2D eigenvalue weighted by atomic mass is 32.1. The number of amides is 1. The first-order valence-electron chi connectivity index (χ1n) is 10.5. The summed E-state index contributed by atoms with van der Waals surface area (Å²) in [4.78, 5) is 28.4. The summed E-state index contributed by atoms with van der Waals surface area (Å²) in [6.45, 7) is 2.03. The van der Waals surface area contributed by atoms with E-state index < -0.39 is 30.1 Å². The molecule has 31 heavy (non-hydrogen) atoms. The molecule has 2 aromatic rings. The lowest BCUT2D eigenvalue weighted by Gasteiger charge is -2.36. The number of alkyl halides is 1. The number of benzene rings is 1. The molecule has 1 amide bonds. The molecule has 1 saturated carbocycles. The summed E-state index contributed by atoms with van der Waals surface area (Å²) in [5.41, 5.74) is 0.784. The smallest absolute Gasteiger partial charge is 0.296 e. The lowest BCUT2D eigenvalue weighted by molar-refractivity contribution is -0.133. The molecule has 0 radical (unpaired) electrons. The molecule has 1 aromatic carbocycles. The molecule has 1 N–H and O–H groups in total. The maximum absolute atomic E-state index is 14.1. The Bertz CT molecular complexity index is 1080. The van der Waals surface area contributed by atoms with Gasteiger partial charge in [-0.1, -0.05) is 30.4 Å². The number of aromatic nitrogens is 2. The monoisotopic (exact) mass is 443 g/mol. The van der Waals surface area contributed by atoms with Crippen LogP contribution in [0.3, 0.4) is 0 Å². The Hall–Kier alpha value is -2.81. The second-order valence-corrected chi connectivity index (χ2v) is 9.22. The Labute approximate surface area is 182 Å². The van der Waals surface area contributed by atoms with Crippen LogP contribution in [0.5, 0.6) is 5.75 Å². The SMILES string of the molecule is CCCc1nnc(N2C(=O)C3=C(C(=O)C4CC(F)CCC4O3)C2c2cccc(O)c2)s1. The van der Waals surface area contributed by atoms with Gasteiger partial charge in [-0.05, 0) is 43.4 Å². The van der Waals surface area contributed by atoms with Crippen molar-refractivity contribution in [2.75, 3.05) is 4.90 Å². The molecule has 9 heteroatoms. The van der Waals surface area contributed by atoms with Gasteiger partial charge in [0.15, 0.2) is 11.5 Å². The molecule has 0 spiro atoms. The third-order valence-electron chi connectivity index (χ3n) is 6.10. The summed E-state index contributed by atoms with van der Waals surface area (Å²) in [6, 6.07) is 5.64. The maximum Gasteiger partial charge on any atom is 0.296 e. The molecule has 3 heterocycles. The number of rotatable bonds is 4. The lowest BCUT2D eigenvalue weighted by Crippen LogP contribution is -2.42. The first kappa shape index (κ1) is 20.1. The number of carbonyl (C=O) groups excluding carboxylic acids is 2. The van der Waals surface area contributed by atoms with Gasteiger partial charge in [0.2, 0.25) is 5.13 Å². The number of fused-ring (bicyclic) bond motifs is 1. The molecule has 7 nitrogen and oxygen atoms in total. The molecule has 1 fully saturated rings. The van der Waals surface area contributed by atoms with Gasteiger partial charge in [-0.3, -0.25) is 14.5 Å². The van der Waals surface area contributed by atoms with Crippen molar-refractivity contribution in [2.45, 2.75) is 57.3 Å². The lowest BCUT2D eigenvalue weighted by atomic mass is 9.77. The number of aryl methyl sites for hydroxylation is 1. The van der Waals surface area contributed by atoms with E-state index in [1.807, 2.05) is 6.92 Å². The predicted octanol–water partition coefficient (Wildman–Crippen LogP) is 3.64. The summed E-state index contributed by atoms with van der Waals surface area (Å²) in [5.74, 6) is -1.27. The summed E-state index contributed by atoms with van der Waals surface area (Å²) < 4.78 is 20.1. The fourth-order valence-corrected chi connectivity index (χ4v) is 5.65. The van der Waals surface area contributed by atoms with Crippen molar-refractivity contribution in [1.29, 1.82) is 0 Å². The number of phenolic OH excluding ortho intramolecular Hbond substituents is 1. The van der Waals surface area contributed by atoms with Crippen molar-refractivity contribution < 1.29 is 23.8 Å². The van der Waals surface area contributed by atoms with Crippen LogP contribution < -0.4 is 4.90 Å². The summed E-state index contributed by atoms with van der Waals surface area (Å²) in [7, 11) is 0. The Morgan fingerprint density at radius 3 is 2.90 bits per heavy atom. The number of Topliss-reactive ketones (excluding diaryl/α,β-unsaturated/α-hetero) is 1. The van der Waals surface area contributed by atoms with Crippen LogP contribution in [0, 0.1) is 5.92 Å². The van der Waals surface area contributed by atoms with Crippen LogP contribution in [0.4, 0.5) is 9.52 Å². The van der Waals surface area contributed by atoms with Crippen molar-refractivity contribution in [3.05, 3.63) is 46.2 Å². The van der Waals surface area contributed by atoms with Crippen LogP contribution in [0.25, 0.3) is 0 Å². The predicted molar refractivity (Wildman–Crippen MR) is 111 cm³/mol. The minimum atomic E-state index is -1.05. The largest absolute Gasteiger partial charge is 0.508 e. The van der Waals surface area contributed by atoms with Gasteiger partial charge in [-0.15, -0.1) is 10.2 Å². The van der Waals surface area contributed by atoms with Crippen LogP contribution in [-0.4, -0.2) is 39.3 Å². The van der Waals surface area contributed by atoms with Crippen molar-refractivity contribution in [1.82, 2.24) is 10.2 Å². The molecule has 4 atom stereocenters. The van der Waals surface area contributed by atoms with Gasteiger partial charge in [0, 0.05) is 6.42 Å². The second kappa shape index (κ2) is 7.71. The number of hydrogen-bond acceptors (Lipinski definition) is 7. The Morgan fingerprint density at radius 1 is 1.29 bits per heavy atom. The zero-order valence-corrected chi connectivity index (χ0v) is 17.8. The van der Waals surface area contributed by atoms with E-state index in [0.717, 1.165) is 17.8 Å². The number of aromatic hydroxyl groups is 1. The highest BCUT2D eigenvalue weighted by Crippen LogP contribution is 2.49. The Balaban J connectivity index is 1.62. The normalized spacial score (nSPS) is 27.9. The van der Waals surface area contributed by atoms with E-state index in [4.69, 9.17) is 4.74 Å². The third kappa shape index (κ3) is 3.31. The van der Waals surface area contributed by atoms with Crippen molar-refractivity contribution in [3.8, 4) is 5.75 Å². The number of ketones is 1. The van der Waals surface area contributed by atoms with E-state index in [0.29, 0.717) is 23.5 Å². The van der Waals surface area contributed by atoms with E-state index in [9.17, 15) is 19.1 Å². The zero-order valence-electron chi connectivity index (χ0n) is 17.0. The van der Waals surface area contributed by atoms with Gasteiger partial charge in [0.25, 0.3) is 5.91 Å². The zero-order chi connectivity index (χ0) is 21.7. The molecular formula is C22H22FN3O4S. The molecular weight excluding hydrogens is 421 g/mol. The van der Waals surface area contributed by atoms with Crippen molar-refractivity contribution in [2.24, 2.45) is 5.92 Å². The first-order valence-corrected chi connectivity index (χ1v) is 11.3. The molecule has 4 unspecified atom stereocenters. The molecule has 2 aliphatic heterocycles. The standard InChI is InChI=1S/C22H22FN3O4S/c1-2-4-16-24-25-22(31-16)26-18(11-5-3-6-13(27)9-11)17-19(28)14-10-12(23)7-8-15(14)30-20(17)21(26)29/h3,5-6,9,12,14-15,18,27H,2,4,7-8,10H2,1H3. The average molecular weight is 444 g/mol. The number of carbonyl (C=O) groups is 2. The summed E-state index contributed by atoms with van der Waals surface area (Å²) in [5, 5.41) is 19.6. The quantitative estimate of drug-likeness (QED) is 0.776. The van der Waals surface area contributed by atoms with Crippen molar-refractivity contribution >= 4 is 28.2 Å². The van der Waals surface area contributed by atoms with Crippen LogP contribution in [0.2, 0.25) is 0 Å². The van der Waals surface area contributed by atoms with Crippen LogP contribution in [0.1, 0.15) is 49.2 Å². The van der Waals surface area contributed by atoms with Crippen molar-refractivity contribution in [3.63, 3.8) is 0 Å².